The van der Waals surface area contributed by atoms with Crippen molar-refractivity contribution in [3.8, 4) is 5.75 Å². The van der Waals surface area contributed by atoms with Crippen molar-refractivity contribution in [1.82, 2.24) is 4.98 Å². The SMILES string of the molecule is COc1ccc(C(C)Nc2cc(C)c(Br)cn2)cc1. The van der Waals surface area contributed by atoms with Gasteiger partial charge < -0.3 is 10.1 Å². The quantitative estimate of drug-likeness (QED) is 0.910. The van der Waals surface area contributed by atoms with Crippen LogP contribution in [0.1, 0.15) is 24.1 Å². The average molecular weight is 321 g/mol. The van der Waals surface area contributed by atoms with Gasteiger partial charge in [-0.3, -0.25) is 0 Å². The highest BCUT2D eigenvalue weighted by atomic mass is 79.9. The number of aromatic nitrogens is 1. The Hall–Kier alpha value is -1.55. The number of nitrogens with zero attached hydrogens (tertiary/aromatic N) is 1. The van der Waals surface area contributed by atoms with Gasteiger partial charge in [0.05, 0.1) is 7.11 Å². The maximum absolute atomic E-state index is 5.16. The lowest BCUT2D eigenvalue weighted by atomic mass is 10.1. The topological polar surface area (TPSA) is 34.1 Å². The molecule has 1 unspecified atom stereocenters. The van der Waals surface area contributed by atoms with Crippen LogP contribution in [-0.4, -0.2) is 12.1 Å². The van der Waals surface area contributed by atoms with Gasteiger partial charge in [-0.15, -0.1) is 0 Å². The van der Waals surface area contributed by atoms with Gasteiger partial charge >= 0.3 is 0 Å². The molecule has 100 valence electrons. The van der Waals surface area contributed by atoms with Crippen LogP contribution < -0.4 is 10.1 Å². The van der Waals surface area contributed by atoms with E-state index >= 15 is 0 Å². The highest BCUT2D eigenvalue weighted by Gasteiger charge is 2.07. The number of pyridine rings is 1. The summed E-state index contributed by atoms with van der Waals surface area (Å²) in [5, 5.41) is 3.39. The molecule has 0 saturated heterocycles. The minimum Gasteiger partial charge on any atom is -0.497 e. The molecule has 2 aromatic rings. The van der Waals surface area contributed by atoms with E-state index in [1.807, 2.05) is 24.4 Å². The Morgan fingerprint density at radius 3 is 2.53 bits per heavy atom. The Morgan fingerprint density at radius 1 is 1.26 bits per heavy atom. The monoisotopic (exact) mass is 320 g/mol. The molecule has 0 radical (unpaired) electrons. The fourth-order valence-electron chi connectivity index (χ4n) is 1.82. The van der Waals surface area contributed by atoms with E-state index in [2.05, 4.69) is 52.2 Å². The zero-order valence-corrected chi connectivity index (χ0v) is 12.9. The van der Waals surface area contributed by atoms with Crippen molar-refractivity contribution < 1.29 is 4.74 Å². The van der Waals surface area contributed by atoms with Crippen molar-refractivity contribution in [3.63, 3.8) is 0 Å². The second-order valence-electron chi connectivity index (χ2n) is 4.46. The van der Waals surface area contributed by atoms with Crippen LogP contribution in [0.25, 0.3) is 0 Å². The van der Waals surface area contributed by atoms with Gasteiger partial charge in [-0.2, -0.15) is 0 Å². The predicted octanol–water partition coefficient (Wildman–Crippen LogP) is 4.33. The van der Waals surface area contributed by atoms with E-state index < -0.39 is 0 Å². The molecule has 2 rings (SSSR count). The molecule has 0 aliphatic carbocycles. The highest BCUT2D eigenvalue weighted by Crippen LogP contribution is 2.23. The lowest BCUT2D eigenvalue weighted by molar-refractivity contribution is 0.414. The molecule has 1 atom stereocenters. The maximum atomic E-state index is 5.16. The molecule has 1 heterocycles. The molecule has 0 aliphatic heterocycles. The molecule has 19 heavy (non-hydrogen) atoms. The smallest absolute Gasteiger partial charge is 0.126 e. The standard InChI is InChI=1S/C15H17BrN2O/c1-10-8-15(17-9-14(10)16)18-11(2)12-4-6-13(19-3)7-5-12/h4-9,11H,1-3H3,(H,17,18). The Balaban J connectivity index is 2.10. The number of aryl methyl sites for hydroxylation is 1. The van der Waals surface area contributed by atoms with Crippen LogP contribution >= 0.6 is 15.9 Å². The first kappa shape index (κ1) is 13.9. The molecule has 0 bridgehead atoms. The third kappa shape index (κ3) is 3.47. The van der Waals surface area contributed by atoms with Gasteiger partial charge in [-0.1, -0.05) is 12.1 Å². The number of methoxy groups -OCH3 is 1. The molecule has 0 aliphatic rings. The molecular formula is C15H17BrN2O. The predicted molar refractivity (Wildman–Crippen MR) is 81.7 cm³/mol. The highest BCUT2D eigenvalue weighted by molar-refractivity contribution is 9.10. The van der Waals surface area contributed by atoms with Crippen LogP contribution in [0.15, 0.2) is 41.0 Å². The summed E-state index contributed by atoms with van der Waals surface area (Å²) in [4.78, 5) is 4.36. The second-order valence-corrected chi connectivity index (χ2v) is 5.31. The van der Waals surface area contributed by atoms with E-state index in [0.29, 0.717) is 0 Å². The van der Waals surface area contributed by atoms with E-state index in [1.54, 1.807) is 7.11 Å². The summed E-state index contributed by atoms with van der Waals surface area (Å²) in [6, 6.07) is 10.3. The van der Waals surface area contributed by atoms with Crippen LogP contribution in [0, 0.1) is 6.92 Å². The third-order valence-corrected chi connectivity index (χ3v) is 3.86. The number of benzene rings is 1. The largest absolute Gasteiger partial charge is 0.497 e. The van der Waals surface area contributed by atoms with E-state index in [1.165, 1.54) is 11.1 Å². The first-order chi connectivity index (χ1) is 9.10. The van der Waals surface area contributed by atoms with Gasteiger partial charge in [0.1, 0.15) is 11.6 Å². The van der Waals surface area contributed by atoms with Crippen molar-refractivity contribution in [3.05, 3.63) is 52.1 Å². The van der Waals surface area contributed by atoms with Crippen molar-refractivity contribution in [2.45, 2.75) is 19.9 Å². The summed E-state index contributed by atoms with van der Waals surface area (Å²) in [7, 11) is 1.67. The van der Waals surface area contributed by atoms with Crippen molar-refractivity contribution in [1.29, 1.82) is 0 Å². The van der Waals surface area contributed by atoms with E-state index in [4.69, 9.17) is 4.74 Å². The number of anilines is 1. The molecule has 0 spiro atoms. The van der Waals surface area contributed by atoms with Crippen LogP contribution in [0.5, 0.6) is 5.75 Å². The summed E-state index contributed by atoms with van der Waals surface area (Å²) in [6.45, 7) is 4.16. The van der Waals surface area contributed by atoms with Crippen LogP contribution in [0.3, 0.4) is 0 Å². The maximum Gasteiger partial charge on any atom is 0.126 e. The lowest BCUT2D eigenvalue weighted by Gasteiger charge is -2.16. The second kappa shape index (κ2) is 6.06. The Labute approximate surface area is 122 Å². The summed E-state index contributed by atoms with van der Waals surface area (Å²) in [5.41, 5.74) is 2.36. The minimum atomic E-state index is 0.194. The van der Waals surface area contributed by atoms with E-state index in [-0.39, 0.29) is 6.04 Å². The van der Waals surface area contributed by atoms with Gasteiger partial charge in [0.25, 0.3) is 0 Å². The molecule has 0 saturated carbocycles. The van der Waals surface area contributed by atoms with Crippen LogP contribution in [0.2, 0.25) is 0 Å². The summed E-state index contributed by atoms with van der Waals surface area (Å²) >= 11 is 3.45. The number of ether oxygens (including phenoxy) is 1. The van der Waals surface area contributed by atoms with Gasteiger partial charge in [0.15, 0.2) is 0 Å². The Bertz CT molecular complexity index is 555. The van der Waals surface area contributed by atoms with Gasteiger partial charge in [0.2, 0.25) is 0 Å². The van der Waals surface area contributed by atoms with Crippen LogP contribution in [-0.2, 0) is 0 Å². The third-order valence-electron chi connectivity index (χ3n) is 3.03. The molecular weight excluding hydrogens is 304 g/mol. The summed E-state index contributed by atoms with van der Waals surface area (Å²) in [6.07, 6.45) is 1.82. The molecule has 1 aromatic heterocycles. The fourth-order valence-corrected chi connectivity index (χ4v) is 2.03. The zero-order chi connectivity index (χ0) is 13.8. The lowest BCUT2D eigenvalue weighted by Crippen LogP contribution is -2.08. The number of nitrogens with one attached hydrogen (secondary N) is 1. The number of rotatable bonds is 4. The molecule has 0 fully saturated rings. The zero-order valence-electron chi connectivity index (χ0n) is 11.3. The molecule has 1 N–H and O–H groups in total. The number of hydrogen-bond donors (Lipinski definition) is 1. The first-order valence-electron chi connectivity index (χ1n) is 6.13. The van der Waals surface area contributed by atoms with E-state index in [9.17, 15) is 0 Å². The molecule has 1 aromatic carbocycles. The fraction of sp³-hybridized carbons (Fsp3) is 0.267. The summed E-state index contributed by atoms with van der Waals surface area (Å²) in [5.74, 6) is 1.75. The summed E-state index contributed by atoms with van der Waals surface area (Å²) < 4.78 is 6.18. The number of hydrogen-bond acceptors (Lipinski definition) is 3. The molecule has 0 amide bonds. The molecule has 3 nitrogen and oxygen atoms in total. The van der Waals surface area contributed by atoms with Gasteiger partial charge in [-0.25, -0.2) is 4.98 Å². The minimum absolute atomic E-state index is 0.194. The normalized spacial score (nSPS) is 12.0. The van der Waals surface area contributed by atoms with Crippen LogP contribution in [0.4, 0.5) is 5.82 Å². The van der Waals surface area contributed by atoms with Gasteiger partial charge in [-0.05, 0) is 59.1 Å². The van der Waals surface area contributed by atoms with Crippen molar-refractivity contribution >= 4 is 21.7 Å². The first-order valence-corrected chi connectivity index (χ1v) is 6.92. The van der Waals surface area contributed by atoms with Crippen molar-refractivity contribution in [2.24, 2.45) is 0 Å². The Morgan fingerprint density at radius 2 is 1.95 bits per heavy atom. The van der Waals surface area contributed by atoms with Gasteiger partial charge in [0, 0.05) is 16.7 Å². The van der Waals surface area contributed by atoms with E-state index in [0.717, 1.165) is 16.0 Å². The average Bonchev–Trinajstić information content (AvgIpc) is 2.43. The number of halogens is 1. The molecule has 4 heteroatoms. The Kier molecular flexibility index (Phi) is 4.43. The van der Waals surface area contributed by atoms with Crippen molar-refractivity contribution in [2.75, 3.05) is 12.4 Å².